The zero-order chi connectivity index (χ0) is 41.8. The largest absolute Gasteiger partial charge is 0.756 e. The number of nitrogens with zero attached hydrogens (tertiary/aromatic N) is 5. The number of carbonyl (C=O) groups is 2. The molecule has 2 fully saturated rings. The van der Waals surface area contributed by atoms with E-state index in [1.54, 1.807) is 0 Å². The van der Waals surface area contributed by atoms with Crippen molar-refractivity contribution in [2.24, 2.45) is 11.7 Å². The van der Waals surface area contributed by atoms with Gasteiger partial charge in [0.1, 0.15) is 42.4 Å². The normalized spacial score (nSPS) is 27.6. The number of unbranched alkanes of at least 4 members (excludes halogenated alkanes) is 1. The number of fused-ring (bicyclic) bond motifs is 1. The van der Waals surface area contributed by atoms with E-state index in [2.05, 4.69) is 53.2 Å². The van der Waals surface area contributed by atoms with Gasteiger partial charge < -0.3 is 55.7 Å². The second kappa shape index (κ2) is 18.2. The maximum absolute atomic E-state index is 12.7. The fourth-order valence-electron chi connectivity index (χ4n) is 6.31. The second-order valence-corrected chi connectivity index (χ2v) is 16.3. The van der Waals surface area contributed by atoms with Gasteiger partial charge in [0, 0.05) is 18.5 Å². The van der Waals surface area contributed by atoms with Gasteiger partial charge in [-0.05, 0) is 30.7 Å². The van der Waals surface area contributed by atoms with Crippen molar-refractivity contribution < 1.29 is 76.3 Å². The summed E-state index contributed by atoms with van der Waals surface area (Å²) < 4.78 is 52.5. The van der Waals surface area contributed by atoms with Crippen LogP contribution in [0, 0.1) is 17.9 Å². The van der Waals surface area contributed by atoms with Crippen LogP contribution in [-0.4, -0.2) is 106 Å². The standard InChI is InChI=1S/C33H40N8O15P2/c34-29-24-31(38-17-37-29)41(22(39-24)11-12-36-23(42)10-4-3-8-18-6-1-2-7-18)33-28(46)26(44)21(55-33)16-53-58(50,51)56-57(48,49)52-15-20-25(43)27(45)32(54-20)40-13-5-9-19(14-40)30(35)47/h1-2,5-7,9,13-14,17-18,20-21,25-28,32-33,43-46H,3-4,8,10,15-16H2,(H6-,34,35,36,37,38,39,42,47,48,49,50,51)/t20-,21-,25-,26-,27-,28-,32-,33-/m1/s1. The number of aliphatic hydroxyl groups is 4. The molecular formula is C33H40N8O15P2. The average molecular weight is 851 g/mol. The molecule has 312 valence electrons. The maximum atomic E-state index is 12.7. The summed E-state index contributed by atoms with van der Waals surface area (Å²) in [4.78, 5) is 59.0. The molecule has 23 nitrogen and oxygen atoms in total. The van der Waals surface area contributed by atoms with Gasteiger partial charge in [0.15, 0.2) is 47.5 Å². The number of nitrogens with two attached hydrogens (primary N) is 2. The Morgan fingerprint density at radius 2 is 1.72 bits per heavy atom. The van der Waals surface area contributed by atoms with Crippen LogP contribution in [0.3, 0.4) is 0 Å². The predicted octanol–water partition coefficient (Wildman–Crippen LogP) is -1.92. The van der Waals surface area contributed by atoms with Crippen LogP contribution in [0.1, 0.15) is 54.3 Å². The topological polar surface area (TPSA) is 350 Å². The summed E-state index contributed by atoms with van der Waals surface area (Å²) in [5, 5.41) is 45.2. The number of hydrogen-bond donors (Lipinski definition) is 8. The Kier molecular flexibility index (Phi) is 13.5. The summed E-state index contributed by atoms with van der Waals surface area (Å²) >= 11 is 0. The lowest BCUT2D eigenvalue weighted by Gasteiger charge is -2.26. The molecule has 1 aliphatic carbocycles. The summed E-state index contributed by atoms with van der Waals surface area (Å²) in [5.41, 5.74) is 11.3. The van der Waals surface area contributed by atoms with Crippen molar-refractivity contribution in [3.8, 4) is 12.0 Å². The van der Waals surface area contributed by atoms with Gasteiger partial charge in [-0.3, -0.25) is 28.6 Å². The molecule has 2 saturated heterocycles. The lowest BCUT2D eigenvalue weighted by atomic mass is 10.0. The average Bonchev–Trinajstić information content (AvgIpc) is 3.95. The molecule has 3 aromatic heterocycles. The Labute approximate surface area is 329 Å². The van der Waals surface area contributed by atoms with Gasteiger partial charge in [0.25, 0.3) is 20.0 Å². The van der Waals surface area contributed by atoms with Crippen LogP contribution >= 0.6 is 15.6 Å². The number of ether oxygens (including phenoxy) is 2. The van der Waals surface area contributed by atoms with Crippen molar-refractivity contribution in [1.29, 1.82) is 0 Å². The van der Waals surface area contributed by atoms with E-state index in [0.29, 0.717) is 12.3 Å². The number of allylic oxidation sites excluding steroid dienone is 4. The minimum Gasteiger partial charge on any atom is -0.756 e. The molecule has 5 heterocycles. The Balaban J connectivity index is 1.05. The number of nitrogen functional groups attached to an aromatic ring is 1. The molecule has 58 heavy (non-hydrogen) atoms. The quantitative estimate of drug-likeness (QED) is 0.0256. The third-order valence-corrected chi connectivity index (χ3v) is 11.8. The first-order valence-corrected chi connectivity index (χ1v) is 20.6. The number of phosphoric ester groups is 2. The Morgan fingerprint density at radius 1 is 1.02 bits per heavy atom. The second-order valence-electron chi connectivity index (χ2n) is 13.3. The van der Waals surface area contributed by atoms with Crippen LogP contribution in [-0.2, 0) is 36.8 Å². The highest BCUT2D eigenvalue weighted by Crippen LogP contribution is 2.58. The number of phosphoric acid groups is 2. The van der Waals surface area contributed by atoms with Crippen LogP contribution in [0.15, 0.2) is 55.2 Å². The number of hydrogen-bond acceptors (Lipinski definition) is 18. The Morgan fingerprint density at radius 3 is 2.47 bits per heavy atom. The van der Waals surface area contributed by atoms with E-state index in [-0.39, 0.29) is 40.7 Å². The first-order chi connectivity index (χ1) is 27.5. The molecule has 10 N–H and O–H groups in total. The molecule has 3 aromatic rings. The molecule has 0 aromatic carbocycles. The zero-order valence-corrected chi connectivity index (χ0v) is 32.0. The number of anilines is 1. The van der Waals surface area contributed by atoms with Gasteiger partial charge in [0.2, 0.25) is 5.91 Å². The molecule has 0 radical (unpaired) electrons. The summed E-state index contributed by atoms with van der Waals surface area (Å²) in [6.45, 7) is -2.02. The van der Waals surface area contributed by atoms with E-state index in [4.69, 9.17) is 25.5 Å². The van der Waals surface area contributed by atoms with E-state index >= 15 is 0 Å². The number of carbonyl (C=O) groups excluding carboxylic acids is 2. The van der Waals surface area contributed by atoms with Gasteiger partial charge in [-0.2, -0.15) is 4.57 Å². The number of amides is 2. The van der Waals surface area contributed by atoms with Crippen molar-refractivity contribution in [2.75, 3.05) is 18.9 Å². The molecule has 25 heteroatoms. The summed E-state index contributed by atoms with van der Waals surface area (Å²) in [6.07, 6.45) is 1.55. The van der Waals surface area contributed by atoms with E-state index in [1.165, 1.54) is 29.1 Å². The molecule has 0 bridgehead atoms. The molecule has 0 saturated carbocycles. The third-order valence-electron chi connectivity index (χ3n) is 9.23. The first-order valence-electron chi connectivity index (χ1n) is 17.6. The van der Waals surface area contributed by atoms with E-state index in [1.807, 2.05) is 12.2 Å². The van der Waals surface area contributed by atoms with E-state index in [9.17, 15) is 48.9 Å². The lowest BCUT2D eigenvalue weighted by Crippen LogP contribution is -2.46. The van der Waals surface area contributed by atoms with Crippen LogP contribution in [0.4, 0.5) is 5.82 Å². The molecule has 0 spiro atoms. The Hall–Kier alpha value is -4.50. The molecule has 2 aliphatic heterocycles. The molecule has 10 atom stereocenters. The smallest absolute Gasteiger partial charge is 0.478 e. The highest BCUT2D eigenvalue weighted by Gasteiger charge is 2.49. The van der Waals surface area contributed by atoms with Crippen LogP contribution < -0.4 is 26.2 Å². The minimum atomic E-state index is -5.71. The molecule has 6 rings (SSSR count). The monoisotopic (exact) mass is 850 g/mol. The maximum Gasteiger partial charge on any atom is 0.478 e. The fraction of sp³-hybridized carbons (Fsp3) is 0.455. The van der Waals surface area contributed by atoms with Crippen molar-refractivity contribution >= 4 is 44.4 Å². The highest BCUT2D eigenvalue weighted by atomic mass is 31.3. The number of aromatic nitrogens is 5. The zero-order valence-electron chi connectivity index (χ0n) is 30.2. The number of pyridine rings is 1. The van der Waals surface area contributed by atoms with E-state index in [0.717, 1.165) is 23.7 Å². The van der Waals surface area contributed by atoms with E-state index < -0.39 is 83.8 Å². The van der Waals surface area contributed by atoms with Crippen molar-refractivity contribution in [3.05, 3.63) is 66.5 Å². The van der Waals surface area contributed by atoms with Gasteiger partial charge in [-0.1, -0.05) is 30.7 Å². The number of aliphatic hydroxyl groups excluding tert-OH is 4. The molecule has 2 unspecified atom stereocenters. The fourth-order valence-corrected chi connectivity index (χ4v) is 8.36. The molecule has 3 aliphatic rings. The van der Waals surface area contributed by atoms with Gasteiger partial charge in [-0.15, -0.1) is 0 Å². The number of rotatable bonds is 16. The van der Waals surface area contributed by atoms with Gasteiger partial charge in [0.05, 0.1) is 13.2 Å². The van der Waals surface area contributed by atoms with Crippen LogP contribution in [0.5, 0.6) is 0 Å². The summed E-state index contributed by atoms with van der Waals surface area (Å²) in [7, 11) is -11.3. The lowest BCUT2D eigenvalue weighted by molar-refractivity contribution is -0.765. The summed E-state index contributed by atoms with van der Waals surface area (Å²) in [5.74, 6) is 1.66. The Bertz CT molecular complexity index is 2220. The van der Waals surface area contributed by atoms with Crippen LogP contribution in [0.2, 0.25) is 0 Å². The molecule has 2 amide bonds. The predicted molar refractivity (Wildman–Crippen MR) is 192 cm³/mol. The van der Waals surface area contributed by atoms with Gasteiger partial charge in [-0.25, -0.2) is 23.8 Å². The van der Waals surface area contributed by atoms with Gasteiger partial charge >= 0.3 is 7.82 Å². The number of primary amides is 1. The number of imidazole rings is 1. The minimum absolute atomic E-state index is 0.00420. The first kappa shape index (κ1) is 43.1. The number of nitrogens with one attached hydrogen (secondary N) is 1. The van der Waals surface area contributed by atoms with Crippen molar-refractivity contribution in [2.45, 2.75) is 74.8 Å². The van der Waals surface area contributed by atoms with Crippen LogP contribution in [0.25, 0.3) is 11.2 Å². The van der Waals surface area contributed by atoms with Crippen molar-refractivity contribution in [1.82, 2.24) is 24.8 Å². The molecular weight excluding hydrogens is 810 g/mol. The SMILES string of the molecule is NC(=O)c1ccc[n+]([C@@H]2O[C@H](COP(=O)([O-])OP(=O)(O)OC[C@H]3O[C@@H](n4c(C#CNC(=O)CCCCC5C=CC=C5)nc5c(N)ncnc54)[C@H](O)[C@@H]3O)[C@@H](O)[C@H]2O)c1. The highest BCUT2D eigenvalue weighted by molar-refractivity contribution is 7.60. The third kappa shape index (κ3) is 10.2. The summed E-state index contributed by atoms with van der Waals surface area (Å²) in [6, 6.07) is 5.31. The van der Waals surface area contributed by atoms with Crippen molar-refractivity contribution in [3.63, 3.8) is 0 Å².